The first-order valence-electron chi connectivity index (χ1n) is 6.86. The van der Waals surface area contributed by atoms with E-state index in [1.807, 2.05) is 0 Å². The molecule has 0 bridgehead atoms. The van der Waals surface area contributed by atoms with Crippen LogP contribution in [0.1, 0.15) is 29.1 Å². The quantitative estimate of drug-likeness (QED) is 0.942. The average molecular weight is 293 g/mol. The van der Waals surface area contributed by atoms with Gasteiger partial charge in [-0.1, -0.05) is 0 Å². The second-order valence-electron chi connectivity index (χ2n) is 5.11. The van der Waals surface area contributed by atoms with Crippen molar-refractivity contribution in [3.8, 4) is 0 Å². The van der Waals surface area contributed by atoms with E-state index in [0.29, 0.717) is 18.2 Å². The van der Waals surface area contributed by atoms with E-state index >= 15 is 0 Å². The smallest absolute Gasteiger partial charge is 0.158 e. The molecule has 0 spiro atoms. The van der Waals surface area contributed by atoms with Crippen molar-refractivity contribution in [2.24, 2.45) is 0 Å². The summed E-state index contributed by atoms with van der Waals surface area (Å²) in [5.41, 5.74) is 7.24. The summed E-state index contributed by atoms with van der Waals surface area (Å²) in [6.07, 6.45) is 2.13. The SMILES string of the molecule is Cc1sc2nc(COC3CCOCC3)nc(N)c2c1C. The number of fused-ring (bicyclic) bond motifs is 1. The molecule has 0 unspecified atom stereocenters. The van der Waals surface area contributed by atoms with Gasteiger partial charge in [-0.05, 0) is 32.3 Å². The maximum atomic E-state index is 6.06. The molecule has 1 aliphatic rings. The zero-order chi connectivity index (χ0) is 14.1. The van der Waals surface area contributed by atoms with E-state index in [4.69, 9.17) is 15.2 Å². The van der Waals surface area contributed by atoms with E-state index in [9.17, 15) is 0 Å². The van der Waals surface area contributed by atoms with Crippen molar-refractivity contribution in [1.82, 2.24) is 9.97 Å². The molecule has 1 fully saturated rings. The predicted molar refractivity (Wildman–Crippen MR) is 79.9 cm³/mol. The Balaban J connectivity index is 1.78. The van der Waals surface area contributed by atoms with Gasteiger partial charge in [0.1, 0.15) is 17.3 Å². The highest BCUT2D eigenvalue weighted by Crippen LogP contribution is 2.31. The van der Waals surface area contributed by atoms with Gasteiger partial charge in [-0.2, -0.15) is 0 Å². The van der Waals surface area contributed by atoms with Gasteiger partial charge in [-0.25, -0.2) is 9.97 Å². The molecule has 3 heterocycles. The largest absolute Gasteiger partial charge is 0.383 e. The van der Waals surface area contributed by atoms with Gasteiger partial charge in [-0.15, -0.1) is 11.3 Å². The van der Waals surface area contributed by atoms with Crippen LogP contribution in [0.5, 0.6) is 0 Å². The summed E-state index contributed by atoms with van der Waals surface area (Å²) in [6, 6.07) is 0. The molecule has 0 aliphatic carbocycles. The van der Waals surface area contributed by atoms with Gasteiger partial charge >= 0.3 is 0 Å². The normalized spacial score (nSPS) is 16.9. The number of nitrogen functional groups attached to an aromatic ring is 1. The van der Waals surface area contributed by atoms with Gasteiger partial charge in [0.25, 0.3) is 0 Å². The summed E-state index contributed by atoms with van der Waals surface area (Å²) in [4.78, 5) is 11.1. The first kappa shape index (κ1) is 13.7. The molecule has 2 aromatic heterocycles. The number of nitrogens with zero attached hydrogens (tertiary/aromatic N) is 2. The molecule has 1 saturated heterocycles. The Hall–Kier alpha value is -1.24. The zero-order valence-electron chi connectivity index (χ0n) is 11.8. The van der Waals surface area contributed by atoms with E-state index < -0.39 is 0 Å². The van der Waals surface area contributed by atoms with Crippen molar-refractivity contribution < 1.29 is 9.47 Å². The lowest BCUT2D eigenvalue weighted by molar-refractivity contribution is -0.0408. The average Bonchev–Trinajstić information content (AvgIpc) is 2.73. The topological polar surface area (TPSA) is 70.3 Å². The molecule has 3 rings (SSSR count). The van der Waals surface area contributed by atoms with Crippen LogP contribution in [0, 0.1) is 13.8 Å². The third-order valence-corrected chi connectivity index (χ3v) is 4.82. The van der Waals surface area contributed by atoms with E-state index in [1.165, 1.54) is 10.4 Å². The summed E-state index contributed by atoms with van der Waals surface area (Å²) >= 11 is 1.66. The molecule has 6 heteroatoms. The van der Waals surface area contributed by atoms with Crippen LogP contribution >= 0.6 is 11.3 Å². The molecule has 0 saturated carbocycles. The molecule has 2 aromatic rings. The Bertz CT molecular complexity index is 620. The highest BCUT2D eigenvalue weighted by molar-refractivity contribution is 7.18. The molecule has 1 aliphatic heterocycles. The van der Waals surface area contributed by atoms with Crippen LogP contribution in [0.15, 0.2) is 0 Å². The van der Waals surface area contributed by atoms with Crippen molar-refractivity contribution in [3.63, 3.8) is 0 Å². The second-order valence-corrected chi connectivity index (χ2v) is 6.31. The summed E-state index contributed by atoms with van der Waals surface area (Å²) in [6.45, 7) is 6.11. The third-order valence-electron chi connectivity index (χ3n) is 3.72. The zero-order valence-corrected chi connectivity index (χ0v) is 12.6. The fourth-order valence-electron chi connectivity index (χ4n) is 2.43. The maximum Gasteiger partial charge on any atom is 0.158 e. The van der Waals surface area contributed by atoms with Crippen molar-refractivity contribution in [2.45, 2.75) is 39.4 Å². The summed E-state index contributed by atoms with van der Waals surface area (Å²) < 4.78 is 11.2. The van der Waals surface area contributed by atoms with E-state index in [1.54, 1.807) is 11.3 Å². The maximum absolute atomic E-state index is 6.06. The molecule has 5 nitrogen and oxygen atoms in total. The standard InChI is InChI=1S/C14H19N3O2S/c1-8-9(2)20-14-12(8)13(15)16-11(17-14)7-19-10-3-5-18-6-4-10/h10H,3-7H2,1-2H3,(H2,15,16,17). The number of anilines is 1. The number of aromatic nitrogens is 2. The highest BCUT2D eigenvalue weighted by atomic mass is 32.1. The highest BCUT2D eigenvalue weighted by Gasteiger charge is 2.16. The Morgan fingerprint density at radius 1 is 1.30 bits per heavy atom. The van der Waals surface area contributed by atoms with Crippen LogP contribution in [-0.4, -0.2) is 29.3 Å². The molecular weight excluding hydrogens is 274 g/mol. The van der Waals surface area contributed by atoms with Crippen molar-refractivity contribution in [3.05, 3.63) is 16.3 Å². The van der Waals surface area contributed by atoms with Crippen LogP contribution in [0.3, 0.4) is 0 Å². The Labute approximate surface area is 122 Å². The van der Waals surface area contributed by atoms with E-state index in [2.05, 4.69) is 23.8 Å². The van der Waals surface area contributed by atoms with Gasteiger partial charge in [-0.3, -0.25) is 0 Å². The monoisotopic (exact) mass is 293 g/mol. The van der Waals surface area contributed by atoms with Crippen molar-refractivity contribution in [2.75, 3.05) is 18.9 Å². The molecule has 2 N–H and O–H groups in total. The lowest BCUT2D eigenvalue weighted by Gasteiger charge is -2.21. The fraction of sp³-hybridized carbons (Fsp3) is 0.571. The minimum atomic E-state index is 0.246. The molecule has 0 aromatic carbocycles. The lowest BCUT2D eigenvalue weighted by Crippen LogP contribution is -2.23. The van der Waals surface area contributed by atoms with Gasteiger partial charge in [0, 0.05) is 18.1 Å². The minimum absolute atomic E-state index is 0.246. The first-order valence-corrected chi connectivity index (χ1v) is 7.68. The Morgan fingerprint density at radius 3 is 2.80 bits per heavy atom. The van der Waals surface area contributed by atoms with Crippen LogP contribution < -0.4 is 5.73 Å². The number of hydrogen-bond acceptors (Lipinski definition) is 6. The molecule has 0 atom stereocenters. The van der Waals surface area contributed by atoms with Crippen LogP contribution in [0.2, 0.25) is 0 Å². The summed E-state index contributed by atoms with van der Waals surface area (Å²) in [7, 11) is 0. The number of hydrogen-bond donors (Lipinski definition) is 1. The number of aryl methyl sites for hydroxylation is 2. The molecule has 0 amide bonds. The molecule has 0 radical (unpaired) electrons. The fourth-order valence-corrected chi connectivity index (χ4v) is 3.48. The first-order chi connectivity index (χ1) is 9.65. The van der Waals surface area contributed by atoms with Gasteiger partial charge in [0.2, 0.25) is 0 Å². The summed E-state index contributed by atoms with van der Waals surface area (Å²) in [5, 5.41) is 0.988. The van der Waals surface area contributed by atoms with E-state index in [-0.39, 0.29) is 6.10 Å². The lowest BCUT2D eigenvalue weighted by atomic mass is 10.1. The Kier molecular flexibility index (Phi) is 3.87. The van der Waals surface area contributed by atoms with Crippen LogP contribution in [-0.2, 0) is 16.1 Å². The number of ether oxygens (including phenoxy) is 2. The number of thiophene rings is 1. The van der Waals surface area contributed by atoms with Crippen LogP contribution in [0.25, 0.3) is 10.2 Å². The molecule has 20 heavy (non-hydrogen) atoms. The molecular formula is C14H19N3O2S. The van der Waals surface area contributed by atoms with Gasteiger partial charge in [0.05, 0.1) is 11.5 Å². The summed E-state index contributed by atoms with van der Waals surface area (Å²) in [5.74, 6) is 1.23. The van der Waals surface area contributed by atoms with Gasteiger partial charge < -0.3 is 15.2 Å². The minimum Gasteiger partial charge on any atom is -0.383 e. The Morgan fingerprint density at radius 2 is 2.05 bits per heavy atom. The number of rotatable bonds is 3. The van der Waals surface area contributed by atoms with E-state index in [0.717, 1.165) is 36.3 Å². The second kappa shape index (κ2) is 5.63. The number of nitrogens with two attached hydrogens (primary N) is 1. The van der Waals surface area contributed by atoms with Gasteiger partial charge in [0.15, 0.2) is 5.82 Å². The predicted octanol–water partition coefficient (Wildman–Crippen LogP) is 2.59. The van der Waals surface area contributed by atoms with Crippen LogP contribution in [0.4, 0.5) is 5.82 Å². The van der Waals surface area contributed by atoms with Crippen molar-refractivity contribution >= 4 is 27.4 Å². The third kappa shape index (κ3) is 2.63. The molecule has 108 valence electrons. The van der Waals surface area contributed by atoms with Crippen molar-refractivity contribution in [1.29, 1.82) is 0 Å².